The second kappa shape index (κ2) is 9.71. The van der Waals surface area contributed by atoms with Gasteiger partial charge in [-0.25, -0.2) is 9.97 Å². The van der Waals surface area contributed by atoms with Gasteiger partial charge in [0, 0.05) is 24.6 Å². The van der Waals surface area contributed by atoms with Gasteiger partial charge in [0.05, 0.1) is 12.2 Å². The van der Waals surface area contributed by atoms with Crippen molar-refractivity contribution in [3.63, 3.8) is 0 Å². The summed E-state index contributed by atoms with van der Waals surface area (Å²) in [5.74, 6) is 1.13. The highest BCUT2D eigenvalue weighted by atomic mass is 16.5. The summed E-state index contributed by atoms with van der Waals surface area (Å²) >= 11 is 0. The Labute approximate surface area is 160 Å². The molecule has 0 atom stereocenters. The molecule has 0 spiro atoms. The number of anilines is 2. The van der Waals surface area contributed by atoms with E-state index in [9.17, 15) is 4.79 Å². The van der Waals surface area contributed by atoms with E-state index in [1.807, 2.05) is 31.2 Å². The lowest BCUT2D eigenvalue weighted by molar-refractivity contribution is 0.0953. The predicted octanol–water partition coefficient (Wildman–Crippen LogP) is 4.24. The highest BCUT2D eigenvalue weighted by Gasteiger charge is 2.08. The van der Waals surface area contributed by atoms with Crippen molar-refractivity contribution in [3.8, 4) is 5.75 Å². The fourth-order valence-corrected chi connectivity index (χ4v) is 3.01. The normalized spacial score (nSPS) is 13.6. The van der Waals surface area contributed by atoms with Crippen LogP contribution >= 0.6 is 0 Å². The van der Waals surface area contributed by atoms with Gasteiger partial charge in [0.25, 0.3) is 5.91 Å². The summed E-state index contributed by atoms with van der Waals surface area (Å²) in [6.07, 6.45) is 11.2. The quantitative estimate of drug-likeness (QED) is 0.684. The maximum absolute atomic E-state index is 12.2. The molecule has 1 aromatic heterocycles. The third-order valence-electron chi connectivity index (χ3n) is 4.45. The van der Waals surface area contributed by atoms with E-state index in [1.54, 1.807) is 12.4 Å². The molecule has 1 aliphatic rings. The van der Waals surface area contributed by atoms with Gasteiger partial charge < -0.3 is 15.4 Å². The smallest absolute Gasteiger partial charge is 0.254 e. The van der Waals surface area contributed by atoms with Crippen LogP contribution in [0.15, 0.2) is 48.3 Å². The molecular weight excluding hydrogens is 340 g/mol. The SMILES string of the molecule is CCOc1ccc(Nc2ncc(C(=O)NCCC3=CCCCC3)cn2)cc1. The molecule has 0 radical (unpaired) electrons. The summed E-state index contributed by atoms with van der Waals surface area (Å²) < 4.78 is 5.42. The zero-order valence-electron chi connectivity index (χ0n) is 15.7. The van der Waals surface area contributed by atoms with Crippen molar-refractivity contribution < 1.29 is 9.53 Å². The van der Waals surface area contributed by atoms with E-state index in [-0.39, 0.29) is 5.91 Å². The Morgan fingerprint density at radius 2 is 1.93 bits per heavy atom. The van der Waals surface area contributed by atoms with Crippen molar-refractivity contribution >= 4 is 17.5 Å². The predicted molar refractivity (Wildman–Crippen MR) is 106 cm³/mol. The fourth-order valence-electron chi connectivity index (χ4n) is 3.01. The first-order chi connectivity index (χ1) is 13.2. The second-order valence-corrected chi connectivity index (χ2v) is 6.49. The van der Waals surface area contributed by atoms with Crippen LogP contribution in [0.25, 0.3) is 0 Å². The average molecular weight is 366 g/mol. The third-order valence-corrected chi connectivity index (χ3v) is 4.45. The van der Waals surface area contributed by atoms with Gasteiger partial charge in [-0.2, -0.15) is 0 Å². The number of carbonyl (C=O) groups is 1. The fraction of sp³-hybridized carbons (Fsp3) is 0.381. The van der Waals surface area contributed by atoms with Gasteiger partial charge in [0.2, 0.25) is 5.95 Å². The van der Waals surface area contributed by atoms with Crippen molar-refractivity contribution in [2.45, 2.75) is 39.0 Å². The number of nitrogens with one attached hydrogen (secondary N) is 2. The van der Waals surface area contributed by atoms with Crippen LogP contribution in [-0.2, 0) is 0 Å². The Hall–Kier alpha value is -2.89. The summed E-state index contributed by atoms with van der Waals surface area (Å²) in [5, 5.41) is 6.05. The van der Waals surface area contributed by atoms with Crippen LogP contribution in [0.4, 0.5) is 11.6 Å². The zero-order valence-corrected chi connectivity index (χ0v) is 15.7. The van der Waals surface area contributed by atoms with Crippen LogP contribution in [0.5, 0.6) is 5.75 Å². The first-order valence-corrected chi connectivity index (χ1v) is 9.52. The molecule has 0 saturated heterocycles. The van der Waals surface area contributed by atoms with Crippen molar-refractivity contribution in [3.05, 3.63) is 53.9 Å². The van der Waals surface area contributed by atoms with Crippen LogP contribution in [-0.4, -0.2) is 29.0 Å². The molecule has 27 heavy (non-hydrogen) atoms. The number of hydrogen-bond donors (Lipinski definition) is 2. The largest absolute Gasteiger partial charge is 0.494 e. The zero-order chi connectivity index (χ0) is 18.9. The van der Waals surface area contributed by atoms with Crippen LogP contribution < -0.4 is 15.4 Å². The van der Waals surface area contributed by atoms with E-state index in [4.69, 9.17) is 4.74 Å². The number of aromatic nitrogens is 2. The van der Waals surface area contributed by atoms with E-state index >= 15 is 0 Å². The molecule has 0 aliphatic heterocycles. The van der Waals surface area contributed by atoms with Crippen molar-refractivity contribution in [1.82, 2.24) is 15.3 Å². The van der Waals surface area contributed by atoms with Crippen LogP contribution in [0.3, 0.4) is 0 Å². The molecule has 6 heteroatoms. The van der Waals surface area contributed by atoms with Crippen molar-refractivity contribution in [2.24, 2.45) is 0 Å². The number of nitrogens with zero attached hydrogens (tertiary/aromatic N) is 2. The number of rotatable bonds is 8. The van der Waals surface area contributed by atoms with E-state index in [0.29, 0.717) is 24.7 Å². The highest BCUT2D eigenvalue weighted by molar-refractivity contribution is 5.93. The standard InChI is InChI=1S/C21H26N4O2/c1-2-27-19-10-8-18(9-11-19)25-21-23-14-17(15-24-21)20(26)22-13-12-16-6-4-3-5-7-16/h6,8-11,14-15H,2-5,7,12-13H2,1H3,(H,22,26)(H,23,24,25). The Balaban J connectivity index is 1.48. The first kappa shape index (κ1) is 18.9. The molecule has 1 aromatic carbocycles. The molecule has 2 N–H and O–H groups in total. The monoisotopic (exact) mass is 366 g/mol. The number of carbonyl (C=O) groups excluding carboxylic acids is 1. The van der Waals surface area contributed by atoms with Crippen molar-refractivity contribution in [2.75, 3.05) is 18.5 Å². The molecule has 3 rings (SSSR count). The van der Waals surface area contributed by atoms with Gasteiger partial charge in [-0.1, -0.05) is 11.6 Å². The molecule has 1 heterocycles. The first-order valence-electron chi connectivity index (χ1n) is 9.52. The van der Waals surface area contributed by atoms with E-state index < -0.39 is 0 Å². The van der Waals surface area contributed by atoms with E-state index in [0.717, 1.165) is 24.3 Å². The number of benzene rings is 1. The average Bonchev–Trinajstić information content (AvgIpc) is 2.71. The topological polar surface area (TPSA) is 76.1 Å². The van der Waals surface area contributed by atoms with Gasteiger partial charge >= 0.3 is 0 Å². The van der Waals surface area contributed by atoms with E-state index in [1.165, 1.54) is 24.8 Å². The summed E-state index contributed by atoms with van der Waals surface area (Å²) in [5.41, 5.74) is 2.77. The molecular formula is C21H26N4O2. The van der Waals surface area contributed by atoms with Gasteiger partial charge in [-0.15, -0.1) is 0 Å². The maximum Gasteiger partial charge on any atom is 0.254 e. The lowest BCUT2D eigenvalue weighted by atomic mass is 9.97. The molecule has 6 nitrogen and oxygen atoms in total. The molecule has 1 amide bonds. The second-order valence-electron chi connectivity index (χ2n) is 6.49. The highest BCUT2D eigenvalue weighted by Crippen LogP contribution is 2.20. The van der Waals surface area contributed by atoms with Gasteiger partial charge in [-0.05, 0) is 63.3 Å². The minimum absolute atomic E-state index is 0.140. The Kier molecular flexibility index (Phi) is 6.79. The van der Waals surface area contributed by atoms with Crippen LogP contribution in [0.2, 0.25) is 0 Å². The molecule has 0 unspecified atom stereocenters. The lowest BCUT2D eigenvalue weighted by Crippen LogP contribution is -2.25. The van der Waals surface area contributed by atoms with Gasteiger partial charge in [0.1, 0.15) is 5.75 Å². The molecule has 142 valence electrons. The molecule has 0 fully saturated rings. The minimum atomic E-state index is -0.140. The summed E-state index contributed by atoms with van der Waals surface area (Å²) in [6.45, 7) is 3.23. The summed E-state index contributed by atoms with van der Waals surface area (Å²) in [7, 11) is 0. The number of amides is 1. The molecule has 1 aliphatic carbocycles. The van der Waals surface area contributed by atoms with Gasteiger partial charge in [0.15, 0.2) is 0 Å². The van der Waals surface area contributed by atoms with E-state index in [2.05, 4.69) is 26.7 Å². The van der Waals surface area contributed by atoms with Crippen LogP contribution in [0, 0.1) is 0 Å². The van der Waals surface area contributed by atoms with Crippen LogP contribution in [0.1, 0.15) is 49.4 Å². The number of allylic oxidation sites excluding steroid dienone is 1. The molecule has 2 aromatic rings. The summed E-state index contributed by atoms with van der Waals surface area (Å²) in [4.78, 5) is 20.7. The molecule has 0 saturated carbocycles. The Morgan fingerprint density at radius 3 is 2.59 bits per heavy atom. The maximum atomic E-state index is 12.2. The Morgan fingerprint density at radius 1 is 1.15 bits per heavy atom. The lowest BCUT2D eigenvalue weighted by Gasteiger charge is -2.13. The number of ether oxygens (including phenoxy) is 1. The summed E-state index contributed by atoms with van der Waals surface area (Å²) in [6, 6.07) is 7.56. The van der Waals surface area contributed by atoms with Crippen molar-refractivity contribution in [1.29, 1.82) is 0 Å². The third kappa shape index (κ3) is 5.81. The minimum Gasteiger partial charge on any atom is -0.494 e. The Bertz CT molecular complexity index is 770. The van der Waals surface area contributed by atoms with Gasteiger partial charge in [-0.3, -0.25) is 4.79 Å². The molecule has 0 bridgehead atoms. The number of hydrogen-bond acceptors (Lipinski definition) is 5.